The number of aromatic nitrogens is 2. The Balaban J connectivity index is 1.80. The molecule has 0 unspecified atom stereocenters. The number of benzene rings is 2. The summed E-state index contributed by atoms with van der Waals surface area (Å²) in [5.41, 5.74) is 1.89. The van der Waals surface area contributed by atoms with E-state index in [0.717, 1.165) is 17.0 Å². The first-order valence-corrected chi connectivity index (χ1v) is 7.54. The van der Waals surface area contributed by atoms with Crippen LogP contribution in [-0.4, -0.2) is 33.3 Å². The molecule has 132 valence electrons. The SMILES string of the molecule is COc1ccc(-c2cc(NC(=NO)c3cccc([N+](=O)[O-])c3)n[nH]2)cc1. The molecule has 0 saturated heterocycles. The number of oxime groups is 1. The van der Waals surface area contributed by atoms with E-state index in [2.05, 4.69) is 20.7 Å². The summed E-state index contributed by atoms with van der Waals surface area (Å²) >= 11 is 0. The van der Waals surface area contributed by atoms with Crippen molar-refractivity contribution in [2.24, 2.45) is 5.16 Å². The molecule has 0 saturated carbocycles. The summed E-state index contributed by atoms with van der Waals surface area (Å²) in [5.74, 6) is 1.18. The zero-order chi connectivity index (χ0) is 18.5. The van der Waals surface area contributed by atoms with E-state index in [0.29, 0.717) is 11.4 Å². The van der Waals surface area contributed by atoms with E-state index in [9.17, 15) is 15.3 Å². The van der Waals surface area contributed by atoms with Crippen molar-refractivity contribution in [3.05, 3.63) is 70.3 Å². The van der Waals surface area contributed by atoms with Crippen LogP contribution in [0.1, 0.15) is 5.56 Å². The lowest BCUT2D eigenvalue weighted by Crippen LogP contribution is -2.14. The Bertz CT molecular complexity index is 950. The number of ether oxygens (including phenoxy) is 1. The number of non-ortho nitro benzene ring substituents is 1. The van der Waals surface area contributed by atoms with E-state index < -0.39 is 4.92 Å². The molecule has 3 rings (SSSR count). The number of nitrogens with zero attached hydrogens (tertiary/aromatic N) is 3. The van der Waals surface area contributed by atoms with Gasteiger partial charge < -0.3 is 15.3 Å². The van der Waals surface area contributed by atoms with Gasteiger partial charge in [-0.15, -0.1) is 0 Å². The fraction of sp³-hybridized carbons (Fsp3) is 0.0588. The molecular formula is C17H15N5O4. The van der Waals surface area contributed by atoms with Crippen molar-refractivity contribution in [2.45, 2.75) is 0 Å². The summed E-state index contributed by atoms with van der Waals surface area (Å²) < 4.78 is 5.12. The number of anilines is 1. The number of rotatable bonds is 5. The number of amidine groups is 1. The van der Waals surface area contributed by atoms with E-state index in [1.807, 2.05) is 24.3 Å². The van der Waals surface area contributed by atoms with Gasteiger partial charge in [0.15, 0.2) is 11.7 Å². The molecule has 0 atom stereocenters. The van der Waals surface area contributed by atoms with Gasteiger partial charge in [0.1, 0.15) is 5.75 Å². The highest BCUT2D eigenvalue weighted by atomic mass is 16.6. The third-order valence-electron chi connectivity index (χ3n) is 3.66. The molecule has 1 heterocycles. The first-order valence-electron chi connectivity index (χ1n) is 7.54. The van der Waals surface area contributed by atoms with Gasteiger partial charge in [-0.25, -0.2) is 0 Å². The summed E-state index contributed by atoms with van der Waals surface area (Å²) in [7, 11) is 1.59. The minimum atomic E-state index is -0.519. The van der Waals surface area contributed by atoms with Crippen molar-refractivity contribution in [1.82, 2.24) is 10.2 Å². The lowest BCUT2D eigenvalue weighted by atomic mass is 10.1. The average Bonchev–Trinajstić information content (AvgIpc) is 3.15. The van der Waals surface area contributed by atoms with Gasteiger partial charge >= 0.3 is 0 Å². The van der Waals surface area contributed by atoms with E-state index in [-0.39, 0.29) is 11.5 Å². The second kappa shape index (κ2) is 7.34. The Morgan fingerprint density at radius 3 is 2.69 bits per heavy atom. The second-order valence-corrected chi connectivity index (χ2v) is 5.28. The Hall–Kier alpha value is -3.88. The molecule has 0 radical (unpaired) electrons. The molecule has 9 heteroatoms. The maximum absolute atomic E-state index is 10.9. The normalized spacial score (nSPS) is 11.2. The van der Waals surface area contributed by atoms with Crippen LogP contribution < -0.4 is 10.1 Å². The maximum atomic E-state index is 10.9. The van der Waals surface area contributed by atoms with Crippen molar-refractivity contribution in [2.75, 3.05) is 12.4 Å². The average molecular weight is 353 g/mol. The number of hydrogen-bond donors (Lipinski definition) is 3. The van der Waals surface area contributed by atoms with Gasteiger partial charge in [-0.2, -0.15) is 5.10 Å². The fourth-order valence-corrected chi connectivity index (χ4v) is 2.35. The first kappa shape index (κ1) is 17.0. The van der Waals surface area contributed by atoms with Crippen LogP contribution in [0.25, 0.3) is 11.3 Å². The largest absolute Gasteiger partial charge is 0.497 e. The van der Waals surface area contributed by atoms with Gasteiger partial charge in [-0.3, -0.25) is 15.2 Å². The highest BCUT2D eigenvalue weighted by Gasteiger charge is 2.12. The highest BCUT2D eigenvalue weighted by Crippen LogP contribution is 2.23. The van der Waals surface area contributed by atoms with Crippen molar-refractivity contribution >= 4 is 17.3 Å². The van der Waals surface area contributed by atoms with E-state index in [4.69, 9.17) is 4.74 Å². The topological polar surface area (TPSA) is 126 Å². The molecule has 0 amide bonds. The predicted molar refractivity (Wildman–Crippen MR) is 95.6 cm³/mol. The molecule has 0 bridgehead atoms. The standard InChI is InChI=1S/C17H15N5O4/c1-26-14-7-5-11(6-8-14)15-10-16(20-19-15)18-17(21-23)12-3-2-4-13(9-12)22(24)25/h2-10,23H,1H3,(H2,18,19,20,21). The number of aromatic amines is 1. The van der Waals surface area contributed by atoms with Gasteiger partial charge in [0.25, 0.3) is 5.69 Å². The van der Waals surface area contributed by atoms with Crippen LogP contribution in [0.15, 0.2) is 59.8 Å². The quantitative estimate of drug-likeness (QED) is 0.212. The lowest BCUT2D eigenvalue weighted by molar-refractivity contribution is -0.384. The van der Waals surface area contributed by atoms with Crippen LogP contribution in [0.4, 0.5) is 11.5 Å². The van der Waals surface area contributed by atoms with Crippen LogP contribution in [0.5, 0.6) is 5.75 Å². The van der Waals surface area contributed by atoms with E-state index >= 15 is 0 Å². The molecule has 0 spiro atoms. The first-order chi connectivity index (χ1) is 12.6. The summed E-state index contributed by atoms with van der Waals surface area (Å²) in [5, 5.41) is 33.1. The van der Waals surface area contributed by atoms with Gasteiger partial charge in [0.05, 0.1) is 17.7 Å². The number of hydrogen-bond acceptors (Lipinski definition) is 6. The molecule has 3 N–H and O–H groups in total. The minimum Gasteiger partial charge on any atom is -0.497 e. The van der Waals surface area contributed by atoms with Crippen LogP contribution >= 0.6 is 0 Å². The monoisotopic (exact) mass is 353 g/mol. The summed E-state index contributed by atoms with van der Waals surface area (Å²) in [6.07, 6.45) is 0. The van der Waals surface area contributed by atoms with E-state index in [1.165, 1.54) is 18.2 Å². The Morgan fingerprint density at radius 2 is 2.04 bits per heavy atom. The summed E-state index contributed by atoms with van der Waals surface area (Å²) in [6, 6.07) is 14.9. The molecule has 26 heavy (non-hydrogen) atoms. The van der Waals surface area contributed by atoms with E-state index in [1.54, 1.807) is 19.2 Å². The fourth-order valence-electron chi connectivity index (χ4n) is 2.35. The molecule has 0 aliphatic heterocycles. The van der Waals surface area contributed by atoms with Crippen molar-refractivity contribution in [3.63, 3.8) is 0 Å². The highest BCUT2D eigenvalue weighted by molar-refractivity contribution is 6.07. The molecule has 1 aromatic heterocycles. The third-order valence-corrected chi connectivity index (χ3v) is 3.66. The van der Waals surface area contributed by atoms with Crippen LogP contribution in [-0.2, 0) is 0 Å². The Kier molecular flexibility index (Phi) is 4.79. The molecule has 0 aliphatic rings. The number of nitro benzene ring substituents is 1. The van der Waals surface area contributed by atoms with Crippen molar-refractivity contribution < 1.29 is 14.9 Å². The molecule has 0 aliphatic carbocycles. The van der Waals surface area contributed by atoms with Gasteiger partial charge in [0.2, 0.25) is 0 Å². The summed E-state index contributed by atoms with van der Waals surface area (Å²) in [6.45, 7) is 0. The van der Waals surface area contributed by atoms with Crippen molar-refractivity contribution in [1.29, 1.82) is 0 Å². The van der Waals surface area contributed by atoms with Gasteiger partial charge in [0, 0.05) is 23.8 Å². The number of nitrogens with one attached hydrogen (secondary N) is 2. The lowest BCUT2D eigenvalue weighted by Gasteiger charge is -2.05. The Morgan fingerprint density at radius 1 is 1.27 bits per heavy atom. The zero-order valence-electron chi connectivity index (χ0n) is 13.7. The molecular weight excluding hydrogens is 338 g/mol. The number of nitro groups is 1. The smallest absolute Gasteiger partial charge is 0.270 e. The number of methoxy groups -OCH3 is 1. The third kappa shape index (κ3) is 3.61. The number of H-pyrrole nitrogens is 1. The molecule has 3 aromatic rings. The van der Waals surface area contributed by atoms with Gasteiger partial charge in [-0.1, -0.05) is 17.3 Å². The van der Waals surface area contributed by atoms with Crippen LogP contribution in [0.3, 0.4) is 0 Å². The van der Waals surface area contributed by atoms with Gasteiger partial charge in [-0.05, 0) is 29.8 Å². The molecule has 0 fully saturated rings. The predicted octanol–water partition coefficient (Wildman–Crippen LogP) is 3.24. The molecule has 9 nitrogen and oxygen atoms in total. The zero-order valence-corrected chi connectivity index (χ0v) is 13.7. The molecule has 2 aromatic carbocycles. The van der Waals surface area contributed by atoms with Crippen LogP contribution in [0, 0.1) is 10.1 Å². The second-order valence-electron chi connectivity index (χ2n) is 5.28. The van der Waals surface area contributed by atoms with Crippen LogP contribution in [0.2, 0.25) is 0 Å². The van der Waals surface area contributed by atoms with Crippen molar-refractivity contribution in [3.8, 4) is 17.0 Å². The summed E-state index contributed by atoms with van der Waals surface area (Å²) in [4.78, 5) is 10.4. The minimum absolute atomic E-state index is 0.0430. The Labute approximate surface area is 148 Å². The maximum Gasteiger partial charge on any atom is 0.270 e.